The van der Waals surface area contributed by atoms with Gasteiger partial charge in [-0.1, -0.05) is 0 Å². The van der Waals surface area contributed by atoms with Gasteiger partial charge in [-0.2, -0.15) is 0 Å². The van der Waals surface area contributed by atoms with E-state index in [-0.39, 0.29) is 41.1 Å². The Morgan fingerprint density at radius 2 is 1.41 bits per heavy atom. The zero-order chi connectivity index (χ0) is 27.5. The molecule has 0 fully saturated rings. The van der Waals surface area contributed by atoms with Gasteiger partial charge in [0.05, 0.1) is 0 Å². The average molecular weight is 645 g/mol. The fourth-order valence-corrected chi connectivity index (χ4v) is 13.7. The molecule has 2 aliphatic carbocycles. The quantitative estimate of drug-likeness (QED) is 0.399. The van der Waals surface area contributed by atoms with Crippen LogP contribution in [0.4, 0.5) is 0 Å². The Kier molecular flexibility index (Phi) is 10.8. The summed E-state index contributed by atoms with van der Waals surface area (Å²) in [5, 5.41) is 0. The molecular weight excluding hydrogens is 595 g/mol. The van der Waals surface area contributed by atoms with E-state index in [1.54, 1.807) is 20.9 Å². The molecule has 212 valence electrons. The Morgan fingerprint density at radius 3 is 1.95 bits per heavy atom. The van der Waals surface area contributed by atoms with E-state index in [9.17, 15) is 0 Å². The van der Waals surface area contributed by atoms with Crippen LogP contribution < -0.4 is 28.1 Å². The predicted octanol–water partition coefficient (Wildman–Crippen LogP) is 3.60. The molecule has 0 unspecified atom stereocenters. The number of hydrogen-bond donors (Lipinski definition) is 0. The van der Waals surface area contributed by atoms with E-state index in [4.69, 9.17) is 0 Å². The third-order valence-corrected chi connectivity index (χ3v) is 15.7. The van der Waals surface area contributed by atoms with Gasteiger partial charge in [0.15, 0.2) is 0 Å². The van der Waals surface area contributed by atoms with Gasteiger partial charge in [0.1, 0.15) is 0 Å². The smallest absolute Gasteiger partial charge is 1.00 e. The van der Waals surface area contributed by atoms with E-state index in [1.165, 1.54) is 34.2 Å². The molecule has 0 heterocycles. The number of halogens is 2. The molecule has 0 N–H and O–H groups in total. The van der Waals surface area contributed by atoms with Crippen LogP contribution in [0, 0.1) is 11.3 Å². The first-order valence-electron chi connectivity index (χ1n) is 14.4. The molecule has 0 nitrogen and oxygen atoms in total. The SMILES string of the molecule is C[C](C)=[Zr+2]([C]1=CC(C(C)(C)CC(C)C)=CC1)[c]1cc(C(C)(C)C)cc2c1Cc1ccc(C(C)(C)C)cc1-2.[Cl-].[Cl-]. The maximum atomic E-state index is 2.65. The summed E-state index contributed by atoms with van der Waals surface area (Å²) in [7, 11) is 0. The molecule has 0 spiro atoms. The minimum Gasteiger partial charge on any atom is -1.00 e. The van der Waals surface area contributed by atoms with Crippen molar-refractivity contribution in [2.45, 2.75) is 113 Å². The molecule has 3 heteroatoms. The normalized spacial score (nSPS) is 14.5. The monoisotopic (exact) mass is 642 g/mol. The summed E-state index contributed by atoms with van der Waals surface area (Å²) in [6.07, 6.45) is 8.72. The third kappa shape index (κ3) is 7.19. The molecule has 4 rings (SSSR count). The first-order valence-corrected chi connectivity index (χ1v) is 18.1. The Bertz CT molecular complexity index is 1320. The van der Waals surface area contributed by atoms with Crippen LogP contribution in [0.1, 0.15) is 118 Å². The number of allylic oxidation sites excluding steroid dienone is 4. The van der Waals surface area contributed by atoms with Crippen molar-refractivity contribution in [1.29, 1.82) is 0 Å². The van der Waals surface area contributed by atoms with Gasteiger partial charge in [0, 0.05) is 0 Å². The second-order valence-electron chi connectivity index (χ2n) is 15.0. The van der Waals surface area contributed by atoms with Crippen molar-refractivity contribution in [2.75, 3.05) is 0 Å². The van der Waals surface area contributed by atoms with Crippen molar-refractivity contribution in [3.05, 3.63) is 73.6 Å². The van der Waals surface area contributed by atoms with Crippen LogP contribution in [0.2, 0.25) is 0 Å². The Hall–Kier alpha value is -0.747. The summed E-state index contributed by atoms with van der Waals surface area (Å²) >= 11 is -2.22. The topological polar surface area (TPSA) is 0 Å². The molecule has 0 saturated carbocycles. The predicted molar refractivity (Wildman–Crippen MR) is 162 cm³/mol. The van der Waals surface area contributed by atoms with E-state index in [2.05, 4.69) is 126 Å². The van der Waals surface area contributed by atoms with Gasteiger partial charge in [0.25, 0.3) is 0 Å². The molecule has 2 aromatic rings. The van der Waals surface area contributed by atoms with Gasteiger partial charge < -0.3 is 24.8 Å². The van der Waals surface area contributed by atoms with Crippen LogP contribution in [-0.2, 0) is 38.5 Å². The zero-order valence-corrected chi connectivity index (χ0v) is 30.5. The molecule has 0 amide bonds. The average Bonchev–Trinajstić information content (AvgIpc) is 3.36. The Morgan fingerprint density at radius 1 is 0.821 bits per heavy atom. The van der Waals surface area contributed by atoms with Crippen LogP contribution >= 0.6 is 0 Å². The van der Waals surface area contributed by atoms with Gasteiger partial charge in [-0.15, -0.1) is 0 Å². The second-order valence-corrected chi connectivity index (χ2v) is 22.2. The van der Waals surface area contributed by atoms with E-state index < -0.39 is 21.3 Å². The van der Waals surface area contributed by atoms with E-state index in [1.807, 2.05) is 0 Å². The molecule has 0 atom stereocenters. The minimum atomic E-state index is -2.22. The molecule has 0 radical (unpaired) electrons. The third-order valence-electron chi connectivity index (χ3n) is 8.41. The fraction of sp³-hybridized carbons (Fsp3) is 0.528. The van der Waals surface area contributed by atoms with Crippen molar-refractivity contribution in [2.24, 2.45) is 11.3 Å². The van der Waals surface area contributed by atoms with Gasteiger partial charge in [-0.05, 0) is 0 Å². The molecule has 0 aliphatic heterocycles. The van der Waals surface area contributed by atoms with Crippen molar-refractivity contribution in [1.82, 2.24) is 0 Å². The van der Waals surface area contributed by atoms with Crippen molar-refractivity contribution >= 4 is 6.48 Å². The molecular formula is C36H50Cl2Zr. The summed E-state index contributed by atoms with van der Waals surface area (Å²) in [6, 6.07) is 12.5. The summed E-state index contributed by atoms with van der Waals surface area (Å²) in [5.74, 6) is 0.717. The van der Waals surface area contributed by atoms with Crippen molar-refractivity contribution < 1.29 is 46.1 Å². The van der Waals surface area contributed by atoms with E-state index >= 15 is 0 Å². The fourth-order valence-electron chi connectivity index (χ4n) is 6.47. The zero-order valence-electron chi connectivity index (χ0n) is 26.5. The maximum absolute atomic E-state index is 2.65. The summed E-state index contributed by atoms with van der Waals surface area (Å²) in [4.78, 5) is 0. The van der Waals surface area contributed by atoms with Crippen molar-refractivity contribution in [3.63, 3.8) is 0 Å². The van der Waals surface area contributed by atoms with Crippen LogP contribution in [0.15, 0.2) is 51.3 Å². The van der Waals surface area contributed by atoms with Crippen LogP contribution in [0.5, 0.6) is 0 Å². The van der Waals surface area contributed by atoms with Gasteiger partial charge in [0.2, 0.25) is 0 Å². The largest absolute Gasteiger partial charge is 1.00 e. The first-order chi connectivity index (χ1) is 17.0. The first kappa shape index (κ1) is 34.5. The maximum Gasteiger partial charge on any atom is -1.00 e. The van der Waals surface area contributed by atoms with Crippen LogP contribution in [0.25, 0.3) is 11.1 Å². The molecule has 39 heavy (non-hydrogen) atoms. The Balaban J connectivity index is 0.00000267. The summed E-state index contributed by atoms with van der Waals surface area (Å²) in [5.41, 5.74) is 11.2. The number of benzene rings is 2. The standard InChI is InChI=1S/C21H25.C12H19.C3H6.2ClH.Zr/c1-20(2,3)16-9-7-14-11-15-8-10-17(21(4,5)6)13-19(15)18(14)12-16;1-10(2)9-12(3,4)11-7-5-6-8-11;1-3-2;;;/h7,9-10,12-13H,11H2,1-6H3;7-8,10H,5,9H2,1-4H3;1-2H3;2*1H;/q;;;;;+2/p-2. The number of rotatable bonds is 5. The molecule has 0 aromatic heterocycles. The van der Waals surface area contributed by atoms with E-state index in [0.29, 0.717) is 5.92 Å². The molecule has 2 aliphatic rings. The number of hydrogen-bond acceptors (Lipinski definition) is 0. The summed E-state index contributed by atoms with van der Waals surface area (Å²) < 4.78 is 5.21. The second kappa shape index (κ2) is 12.2. The van der Waals surface area contributed by atoms with Gasteiger partial charge in [-0.25, -0.2) is 0 Å². The van der Waals surface area contributed by atoms with Crippen LogP contribution in [-0.4, -0.2) is 3.21 Å². The van der Waals surface area contributed by atoms with Crippen molar-refractivity contribution in [3.8, 4) is 11.1 Å². The minimum absolute atomic E-state index is 0. The molecule has 0 bridgehead atoms. The van der Waals surface area contributed by atoms with Gasteiger partial charge >= 0.3 is 237 Å². The Labute approximate surface area is 260 Å². The molecule has 0 saturated heterocycles. The summed E-state index contributed by atoms with van der Waals surface area (Å²) in [6.45, 7) is 28.6. The van der Waals surface area contributed by atoms with Crippen LogP contribution in [0.3, 0.4) is 0 Å². The van der Waals surface area contributed by atoms with E-state index in [0.717, 1.165) is 12.8 Å². The van der Waals surface area contributed by atoms with Gasteiger partial charge in [-0.3, -0.25) is 0 Å². The number of fused-ring (bicyclic) bond motifs is 3. The molecule has 2 aromatic carbocycles.